The lowest BCUT2D eigenvalue weighted by molar-refractivity contribution is 0.589. The highest BCUT2D eigenvalue weighted by Gasteiger charge is 2.07. The first-order valence-electron chi connectivity index (χ1n) is 5.29. The highest BCUT2D eigenvalue weighted by Crippen LogP contribution is 2.15. The van der Waals surface area contributed by atoms with Crippen LogP contribution in [0.2, 0.25) is 0 Å². The molecule has 0 atom stereocenters. The van der Waals surface area contributed by atoms with Crippen LogP contribution in [0.25, 0.3) is 0 Å². The number of aromatic nitrogens is 2. The summed E-state index contributed by atoms with van der Waals surface area (Å²) in [6, 6.07) is 0. The quantitative estimate of drug-likeness (QED) is 0.711. The molecule has 0 bridgehead atoms. The maximum absolute atomic E-state index is 11.7. The Labute approximate surface area is 114 Å². The largest absolute Gasteiger partial charge is 0.381 e. The van der Waals surface area contributed by atoms with Crippen LogP contribution in [0.15, 0.2) is 15.5 Å². The second kappa shape index (κ2) is 6.30. The highest BCUT2D eigenvalue weighted by molar-refractivity contribution is 9.10. The van der Waals surface area contributed by atoms with Crippen molar-refractivity contribution in [3.8, 4) is 0 Å². The summed E-state index contributed by atoms with van der Waals surface area (Å²) in [6.07, 6.45) is 2.61. The molecule has 1 aromatic rings. The Morgan fingerprint density at radius 3 is 2.67 bits per heavy atom. The second-order valence-electron chi connectivity index (χ2n) is 3.59. The van der Waals surface area contributed by atoms with Crippen LogP contribution in [0.1, 0.15) is 6.92 Å². The number of rotatable bonds is 6. The minimum atomic E-state index is -3.19. The monoisotopic (exact) mass is 338 g/mol. The third-order valence-electron chi connectivity index (χ3n) is 2.09. The van der Waals surface area contributed by atoms with Gasteiger partial charge in [-0.3, -0.25) is 4.79 Å². The Balaban J connectivity index is 2.64. The fourth-order valence-electron chi connectivity index (χ4n) is 1.25. The molecule has 18 heavy (non-hydrogen) atoms. The number of nitrogens with one attached hydrogen (secondary N) is 2. The minimum Gasteiger partial charge on any atom is -0.381 e. The Kier molecular flexibility index (Phi) is 5.29. The number of nitrogens with zero attached hydrogens (tertiary/aromatic N) is 2. The van der Waals surface area contributed by atoms with Crippen molar-refractivity contribution in [2.24, 2.45) is 0 Å². The number of hydrogen-bond acceptors (Lipinski definition) is 5. The van der Waals surface area contributed by atoms with Crippen LogP contribution in [-0.2, 0) is 16.6 Å². The molecule has 1 rings (SSSR count). The Morgan fingerprint density at radius 1 is 1.44 bits per heavy atom. The normalized spacial score (nSPS) is 11.5. The molecule has 0 radical (unpaired) electrons. The van der Waals surface area contributed by atoms with Crippen molar-refractivity contribution < 1.29 is 8.42 Å². The van der Waals surface area contributed by atoms with Crippen molar-refractivity contribution in [2.75, 3.05) is 24.7 Å². The van der Waals surface area contributed by atoms with Crippen LogP contribution in [-0.4, -0.2) is 37.5 Å². The summed E-state index contributed by atoms with van der Waals surface area (Å²) in [5, 5.41) is 6.89. The number of aryl methyl sites for hydroxylation is 1. The lowest BCUT2D eigenvalue weighted by Crippen LogP contribution is -2.29. The smallest absolute Gasteiger partial charge is 0.283 e. The molecule has 0 aliphatic carbocycles. The molecule has 0 saturated carbocycles. The van der Waals surface area contributed by atoms with Gasteiger partial charge in [0.25, 0.3) is 5.56 Å². The van der Waals surface area contributed by atoms with Crippen molar-refractivity contribution in [1.82, 2.24) is 14.5 Å². The van der Waals surface area contributed by atoms with Gasteiger partial charge in [-0.05, 0) is 22.9 Å². The highest BCUT2D eigenvalue weighted by atomic mass is 79.9. The average Bonchev–Trinajstić information content (AvgIpc) is 2.28. The van der Waals surface area contributed by atoms with Gasteiger partial charge in [0.05, 0.1) is 18.1 Å². The summed E-state index contributed by atoms with van der Waals surface area (Å²) < 4.78 is 25.7. The number of hydrogen-bond donors (Lipinski definition) is 2. The first-order chi connectivity index (χ1) is 8.35. The summed E-state index contributed by atoms with van der Waals surface area (Å²) in [7, 11) is -3.19. The number of halogens is 1. The van der Waals surface area contributed by atoms with Gasteiger partial charge in [0.2, 0.25) is 10.0 Å². The summed E-state index contributed by atoms with van der Waals surface area (Å²) in [4.78, 5) is 11.7. The van der Waals surface area contributed by atoms with E-state index in [0.29, 0.717) is 23.2 Å². The SMILES string of the molecule is CCn1ncc(NCCNS(C)(=O)=O)c(Br)c1=O. The molecule has 9 heteroatoms. The van der Waals surface area contributed by atoms with Gasteiger partial charge in [0, 0.05) is 19.6 Å². The Morgan fingerprint density at radius 2 is 2.11 bits per heavy atom. The van der Waals surface area contributed by atoms with E-state index in [-0.39, 0.29) is 12.1 Å². The molecule has 2 N–H and O–H groups in total. The lowest BCUT2D eigenvalue weighted by atomic mass is 10.4. The van der Waals surface area contributed by atoms with Crippen molar-refractivity contribution in [2.45, 2.75) is 13.5 Å². The molecule has 0 unspecified atom stereocenters. The third-order valence-corrected chi connectivity index (χ3v) is 3.58. The van der Waals surface area contributed by atoms with Crippen molar-refractivity contribution in [1.29, 1.82) is 0 Å². The van der Waals surface area contributed by atoms with E-state index in [1.807, 2.05) is 6.92 Å². The Bertz CT molecular complexity index is 570. The molecule has 1 heterocycles. The van der Waals surface area contributed by atoms with Gasteiger partial charge >= 0.3 is 0 Å². The summed E-state index contributed by atoms with van der Waals surface area (Å²) in [5.74, 6) is 0. The number of sulfonamides is 1. The molecular weight excluding hydrogens is 324 g/mol. The maximum atomic E-state index is 11.7. The summed E-state index contributed by atoms with van der Waals surface area (Å²) in [6.45, 7) is 2.92. The first-order valence-corrected chi connectivity index (χ1v) is 7.97. The predicted molar refractivity (Wildman–Crippen MR) is 73.2 cm³/mol. The standard InChI is InChI=1S/C9H15BrN4O3S/c1-3-14-9(15)8(10)7(6-12-14)11-4-5-13-18(2,16)17/h6,11,13H,3-5H2,1-2H3. The lowest BCUT2D eigenvalue weighted by Gasteiger charge is -2.09. The van der Waals surface area contributed by atoms with Gasteiger partial charge in [-0.1, -0.05) is 0 Å². The fraction of sp³-hybridized carbons (Fsp3) is 0.556. The van der Waals surface area contributed by atoms with Crippen molar-refractivity contribution >= 4 is 31.6 Å². The van der Waals surface area contributed by atoms with Crippen LogP contribution in [0.3, 0.4) is 0 Å². The van der Waals surface area contributed by atoms with E-state index in [2.05, 4.69) is 31.1 Å². The molecule has 0 amide bonds. The predicted octanol–water partition coefficient (Wildman–Crippen LogP) is -0.0132. The topological polar surface area (TPSA) is 93.1 Å². The minimum absolute atomic E-state index is 0.224. The molecule has 0 saturated heterocycles. The third kappa shape index (κ3) is 4.39. The van der Waals surface area contributed by atoms with Crippen LogP contribution in [0.4, 0.5) is 5.69 Å². The second-order valence-corrected chi connectivity index (χ2v) is 6.21. The average molecular weight is 339 g/mol. The zero-order chi connectivity index (χ0) is 13.8. The van der Waals surface area contributed by atoms with Gasteiger partial charge in [0.15, 0.2) is 0 Å². The molecule has 0 fully saturated rings. The Hall–Kier alpha value is -0.930. The molecule has 0 aliphatic rings. The van der Waals surface area contributed by atoms with E-state index in [1.165, 1.54) is 10.9 Å². The van der Waals surface area contributed by atoms with Gasteiger partial charge < -0.3 is 5.32 Å². The van der Waals surface area contributed by atoms with E-state index in [9.17, 15) is 13.2 Å². The first kappa shape index (κ1) is 15.1. The van der Waals surface area contributed by atoms with E-state index in [1.54, 1.807) is 0 Å². The van der Waals surface area contributed by atoms with Crippen molar-refractivity contribution in [3.05, 3.63) is 21.0 Å². The molecule has 1 aromatic heterocycles. The number of anilines is 1. The van der Waals surface area contributed by atoms with E-state index in [4.69, 9.17) is 0 Å². The molecule has 0 aromatic carbocycles. The van der Waals surface area contributed by atoms with Gasteiger partial charge in [-0.15, -0.1) is 0 Å². The van der Waals surface area contributed by atoms with E-state index in [0.717, 1.165) is 6.26 Å². The van der Waals surface area contributed by atoms with E-state index >= 15 is 0 Å². The molecule has 102 valence electrons. The molecule has 0 spiro atoms. The molecule has 0 aliphatic heterocycles. The van der Waals surface area contributed by atoms with Gasteiger partial charge in [-0.25, -0.2) is 17.8 Å². The van der Waals surface area contributed by atoms with E-state index < -0.39 is 10.0 Å². The van der Waals surface area contributed by atoms with Crippen LogP contribution < -0.4 is 15.6 Å². The molecular formula is C9H15BrN4O3S. The maximum Gasteiger partial charge on any atom is 0.283 e. The van der Waals surface area contributed by atoms with Crippen LogP contribution in [0, 0.1) is 0 Å². The van der Waals surface area contributed by atoms with Crippen LogP contribution in [0.5, 0.6) is 0 Å². The van der Waals surface area contributed by atoms with Gasteiger partial charge in [-0.2, -0.15) is 5.10 Å². The summed E-state index contributed by atoms with van der Waals surface area (Å²) >= 11 is 3.19. The van der Waals surface area contributed by atoms with Crippen LogP contribution >= 0.6 is 15.9 Å². The van der Waals surface area contributed by atoms with Gasteiger partial charge in [0.1, 0.15) is 4.47 Å². The zero-order valence-corrected chi connectivity index (χ0v) is 12.5. The van der Waals surface area contributed by atoms with Crippen molar-refractivity contribution in [3.63, 3.8) is 0 Å². The zero-order valence-electron chi connectivity index (χ0n) is 10.1. The fourth-order valence-corrected chi connectivity index (χ4v) is 2.17. The molecule has 7 nitrogen and oxygen atoms in total. The summed E-state index contributed by atoms with van der Waals surface area (Å²) in [5.41, 5.74) is 0.318.